The molecule has 0 aliphatic carbocycles. The second kappa shape index (κ2) is 6.78. The Morgan fingerprint density at radius 1 is 1.29 bits per heavy atom. The summed E-state index contributed by atoms with van der Waals surface area (Å²) >= 11 is 0. The number of nitrogens with one attached hydrogen (secondary N) is 1. The van der Waals surface area contributed by atoms with E-state index in [1.165, 1.54) is 4.90 Å². The second-order valence-electron chi connectivity index (χ2n) is 5.11. The van der Waals surface area contributed by atoms with Crippen molar-refractivity contribution in [2.75, 3.05) is 13.1 Å². The zero-order chi connectivity index (χ0) is 15.3. The van der Waals surface area contributed by atoms with E-state index in [9.17, 15) is 18.0 Å². The molecule has 0 spiro atoms. The molecule has 2 amide bonds. The van der Waals surface area contributed by atoms with E-state index in [1.807, 2.05) is 5.32 Å². The van der Waals surface area contributed by atoms with Gasteiger partial charge >= 0.3 is 12.2 Å². The van der Waals surface area contributed by atoms with Crippen LogP contribution in [0.15, 0.2) is 24.5 Å². The predicted octanol–water partition coefficient (Wildman–Crippen LogP) is 3.27. The number of pyridine rings is 1. The van der Waals surface area contributed by atoms with Crippen LogP contribution in [0.3, 0.4) is 0 Å². The Morgan fingerprint density at radius 2 is 2.00 bits per heavy atom. The van der Waals surface area contributed by atoms with Crippen LogP contribution in [0.25, 0.3) is 0 Å². The third kappa shape index (κ3) is 4.61. The van der Waals surface area contributed by atoms with Gasteiger partial charge in [-0.05, 0) is 30.5 Å². The van der Waals surface area contributed by atoms with Crippen LogP contribution >= 0.6 is 0 Å². The van der Waals surface area contributed by atoms with Gasteiger partial charge in [-0.2, -0.15) is 13.2 Å². The lowest BCUT2D eigenvalue weighted by atomic mass is 10.0. The summed E-state index contributed by atoms with van der Waals surface area (Å²) in [5.41, 5.74) is 0.911. The molecule has 1 saturated heterocycles. The number of likely N-dealkylation sites (tertiary alicyclic amines) is 1. The Balaban J connectivity index is 2.10. The average molecular weight is 301 g/mol. The van der Waals surface area contributed by atoms with Gasteiger partial charge in [0, 0.05) is 18.9 Å². The molecule has 2 heterocycles. The molecule has 1 aromatic heterocycles. The van der Waals surface area contributed by atoms with Crippen LogP contribution in [0.1, 0.15) is 37.3 Å². The van der Waals surface area contributed by atoms with Crippen molar-refractivity contribution in [2.24, 2.45) is 0 Å². The maximum absolute atomic E-state index is 12.2. The first-order valence-electron chi connectivity index (χ1n) is 6.98. The van der Waals surface area contributed by atoms with Gasteiger partial charge in [0.15, 0.2) is 0 Å². The topological polar surface area (TPSA) is 45.2 Å². The van der Waals surface area contributed by atoms with Crippen molar-refractivity contribution < 1.29 is 18.0 Å². The summed E-state index contributed by atoms with van der Waals surface area (Å²) in [7, 11) is 0. The molecule has 1 atom stereocenters. The highest BCUT2D eigenvalue weighted by Gasteiger charge is 2.31. The van der Waals surface area contributed by atoms with Crippen molar-refractivity contribution >= 4 is 6.03 Å². The van der Waals surface area contributed by atoms with Crippen LogP contribution in [0.4, 0.5) is 18.0 Å². The molecule has 1 fully saturated rings. The van der Waals surface area contributed by atoms with Crippen LogP contribution in [0.5, 0.6) is 0 Å². The summed E-state index contributed by atoms with van der Waals surface area (Å²) in [6.07, 6.45) is 2.36. The molecule has 0 radical (unpaired) electrons. The second-order valence-corrected chi connectivity index (χ2v) is 5.11. The largest absolute Gasteiger partial charge is 0.405 e. The van der Waals surface area contributed by atoms with Crippen molar-refractivity contribution in [1.82, 2.24) is 15.2 Å². The van der Waals surface area contributed by atoms with Crippen LogP contribution in [0.2, 0.25) is 0 Å². The molecule has 116 valence electrons. The summed E-state index contributed by atoms with van der Waals surface area (Å²) in [5.74, 6) is 0. The van der Waals surface area contributed by atoms with Gasteiger partial charge in [-0.25, -0.2) is 4.79 Å². The van der Waals surface area contributed by atoms with Crippen LogP contribution < -0.4 is 5.32 Å². The number of hydrogen-bond donors (Lipinski definition) is 1. The van der Waals surface area contributed by atoms with Gasteiger partial charge in [0.2, 0.25) is 0 Å². The Kier molecular flexibility index (Phi) is 5.03. The number of rotatable bonds is 2. The maximum atomic E-state index is 12.2. The molecule has 0 bridgehead atoms. The average Bonchev–Trinajstić information content (AvgIpc) is 2.70. The van der Waals surface area contributed by atoms with Gasteiger partial charge in [0.05, 0.1) is 6.04 Å². The zero-order valence-corrected chi connectivity index (χ0v) is 11.6. The number of halogens is 3. The molecule has 2 rings (SSSR count). The van der Waals surface area contributed by atoms with Crippen molar-refractivity contribution in [2.45, 2.75) is 37.9 Å². The first-order chi connectivity index (χ1) is 9.97. The minimum absolute atomic E-state index is 0.191. The van der Waals surface area contributed by atoms with Crippen molar-refractivity contribution in [3.8, 4) is 0 Å². The van der Waals surface area contributed by atoms with E-state index < -0.39 is 18.8 Å². The summed E-state index contributed by atoms with van der Waals surface area (Å²) in [4.78, 5) is 17.5. The Bertz CT molecular complexity index is 464. The fraction of sp³-hybridized carbons (Fsp3) is 0.571. The summed E-state index contributed by atoms with van der Waals surface area (Å²) in [6, 6.07) is 2.76. The molecule has 7 heteroatoms. The van der Waals surface area contributed by atoms with Crippen molar-refractivity contribution in [1.29, 1.82) is 0 Å². The monoisotopic (exact) mass is 301 g/mol. The number of aromatic nitrogens is 1. The first kappa shape index (κ1) is 15.6. The summed E-state index contributed by atoms with van der Waals surface area (Å²) < 4.78 is 36.7. The summed E-state index contributed by atoms with van der Waals surface area (Å²) in [5, 5.41) is 1.97. The lowest BCUT2D eigenvalue weighted by Gasteiger charge is -2.30. The van der Waals surface area contributed by atoms with Gasteiger partial charge in [0.1, 0.15) is 6.54 Å². The third-order valence-electron chi connectivity index (χ3n) is 3.54. The zero-order valence-electron chi connectivity index (χ0n) is 11.6. The highest BCUT2D eigenvalue weighted by atomic mass is 19.4. The highest BCUT2D eigenvalue weighted by Crippen LogP contribution is 2.29. The number of hydrogen-bond acceptors (Lipinski definition) is 2. The standard InChI is InChI=1S/C14H18F3N3O/c15-14(16,17)10-19-13(21)20-9-3-1-2-4-12(20)11-5-7-18-8-6-11/h5-8,12H,1-4,9-10H2,(H,19,21)/t12-/m0/s1. The summed E-state index contributed by atoms with van der Waals surface area (Å²) in [6.45, 7) is -0.831. The highest BCUT2D eigenvalue weighted by molar-refractivity contribution is 5.74. The SMILES string of the molecule is O=C(NCC(F)(F)F)N1CCCCC[C@H]1c1ccncc1. The molecule has 1 aliphatic heterocycles. The molecule has 21 heavy (non-hydrogen) atoms. The minimum Gasteiger partial charge on any atom is -0.329 e. The third-order valence-corrected chi connectivity index (χ3v) is 3.54. The molecule has 0 unspecified atom stereocenters. The van der Waals surface area contributed by atoms with Gasteiger partial charge < -0.3 is 10.2 Å². The van der Waals surface area contributed by atoms with E-state index in [0.29, 0.717) is 6.54 Å². The lowest BCUT2D eigenvalue weighted by Crippen LogP contribution is -2.45. The Morgan fingerprint density at radius 3 is 2.67 bits per heavy atom. The maximum Gasteiger partial charge on any atom is 0.405 e. The van der Waals surface area contributed by atoms with Gasteiger partial charge in [-0.15, -0.1) is 0 Å². The minimum atomic E-state index is -4.40. The molecular weight excluding hydrogens is 283 g/mol. The Hall–Kier alpha value is -1.79. The molecule has 1 aromatic rings. The fourth-order valence-corrected chi connectivity index (χ4v) is 2.56. The molecule has 0 aromatic carbocycles. The van der Waals surface area contributed by atoms with Gasteiger partial charge in [-0.1, -0.05) is 12.8 Å². The number of urea groups is 1. The van der Waals surface area contributed by atoms with Gasteiger partial charge in [-0.3, -0.25) is 4.98 Å². The smallest absolute Gasteiger partial charge is 0.329 e. The molecule has 1 N–H and O–H groups in total. The van der Waals surface area contributed by atoms with Crippen molar-refractivity contribution in [3.05, 3.63) is 30.1 Å². The predicted molar refractivity (Wildman–Crippen MR) is 71.6 cm³/mol. The van der Waals surface area contributed by atoms with Crippen LogP contribution in [-0.4, -0.2) is 35.2 Å². The lowest BCUT2D eigenvalue weighted by molar-refractivity contribution is -0.123. The van der Waals surface area contributed by atoms with E-state index in [4.69, 9.17) is 0 Å². The quantitative estimate of drug-likeness (QED) is 0.911. The van der Waals surface area contributed by atoms with Crippen molar-refractivity contribution in [3.63, 3.8) is 0 Å². The fourth-order valence-electron chi connectivity index (χ4n) is 2.56. The number of nitrogens with zero attached hydrogens (tertiary/aromatic N) is 2. The van der Waals surface area contributed by atoms with Crippen LogP contribution in [0, 0.1) is 0 Å². The number of amides is 2. The normalized spacial score (nSPS) is 20.0. The first-order valence-corrected chi connectivity index (χ1v) is 6.98. The van der Waals surface area contributed by atoms with Gasteiger partial charge in [0.25, 0.3) is 0 Å². The van der Waals surface area contributed by atoms with E-state index >= 15 is 0 Å². The van der Waals surface area contributed by atoms with E-state index in [1.54, 1.807) is 24.5 Å². The molecule has 4 nitrogen and oxygen atoms in total. The number of alkyl halides is 3. The Labute approximate surface area is 121 Å². The molecular formula is C14H18F3N3O. The van der Waals surface area contributed by atoms with E-state index in [-0.39, 0.29) is 6.04 Å². The molecule has 1 aliphatic rings. The van der Waals surface area contributed by atoms with Crippen LogP contribution in [-0.2, 0) is 0 Å². The number of carbonyl (C=O) groups is 1. The van der Waals surface area contributed by atoms with E-state index in [2.05, 4.69) is 4.98 Å². The molecule has 0 saturated carbocycles. The number of carbonyl (C=O) groups excluding carboxylic acids is 1. The van der Waals surface area contributed by atoms with E-state index in [0.717, 1.165) is 31.2 Å².